The van der Waals surface area contributed by atoms with Crippen molar-refractivity contribution in [2.24, 2.45) is 0 Å². The fourth-order valence-corrected chi connectivity index (χ4v) is 2.41. The second-order valence-electron chi connectivity index (χ2n) is 5.71. The number of hydrogen-bond donors (Lipinski definition) is 0. The Labute approximate surface area is 124 Å². The summed E-state index contributed by atoms with van der Waals surface area (Å²) in [6.07, 6.45) is 5.80. The molecule has 0 aliphatic rings. The Morgan fingerprint density at radius 3 is 2.45 bits per heavy atom. The van der Waals surface area contributed by atoms with Gasteiger partial charge in [0, 0.05) is 6.54 Å². The Morgan fingerprint density at radius 1 is 1.20 bits per heavy atom. The number of nitrogens with zero attached hydrogens (tertiary/aromatic N) is 1. The number of aryl methyl sites for hydroxylation is 2. The minimum absolute atomic E-state index is 0.984. The van der Waals surface area contributed by atoms with Crippen LogP contribution >= 0.6 is 0 Å². The maximum Gasteiger partial charge on any atom is 0.122 e. The Balaban J connectivity index is 3.12. The summed E-state index contributed by atoms with van der Waals surface area (Å²) in [6.45, 7) is 7.59. The molecule has 0 aromatic heterocycles. The summed E-state index contributed by atoms with van der Waals surface area (Å²) in [5, 5.41) is 0. The van der Waals surface area contributed by atoms with E-state index in [0.717, 1.165) is 25.1 Å². The van der Waals surface area contributed by atoms with Crippen LogP contribution in [0.15, 0.2) is 18.2 Å². The van der Waals surface area contributed by atoms with Crippen LogP contribution in [0.25, 0.3) is 5.57 Å². The van der Waals surface area contributed by atoms with E-state index in [0.29, 0.717) is 0 Å². The molecular weight excluding hydrogens is 246 g/mol. The van der Waals surface area contributed by atoms with E-state index in [2.05, 4.69) is 58.0 Å². The van der Waals surface area contributed by atoms with Gasteiger partial charge in [-0.1, -0.05) is 25.5 Å². The van der Waals surface area contributed by atoms with E-state index >= 15 is 0 Å². The first kappa shape index (κ1) is 16.8. The summed E-state index contributed by atoms with van der Waals surface area (Å²) in [6, 6.07) is 4.42. The molecule has 2 heteroatoms. The van der Waals surface area contributed by atoms with E-state index in [1.165, 1.54) is 28.7 Å². The summed E-state index contributed by atoms with van der Waals surface area (Å²) in [5.41, 5.74) is 5.32. The fourth-order valence-electron chi connectivity index (χ4n) is 2.41. The van der Waals surface area contributed by atoms with Gasteiger partial charge in [0.05, 0.1) is 7.11 Å². The number of benzene rings is 1. The van der Waals surface area contributed by atoms with Gasteiger partial charge in [-0.3, -0.25) is 0 Å². The third-order valence-electron chi connectivity index (χ3n) is 3.60. The number of methoxy groups -OCH3 is 1. The Hall–Kier alpha value is -1.28. The quantitative estimate of drug-likeness (QED) is 0.729. The average Bonchev–Trinajstić information content (AvgIpc) is 2.40. The first-order valence-corrected chi connectivity index (χ1v) is 7.49. The zero-order chi connectivity index (χ0) is 15.1. The van der Waals surface area contributed by atoms with E-state index in [4.69, 9.17) is 4.74 Å². The molecule has 2 nitrogen and oxygen atoms in total. The van der Waals surface area contributed by atoms with E-state index in [1.807, 2.05) is 0 Å². The highest BCUT2D eigenvalue weighted by atomic mass is 16.5. The summed E-state index contributed by atoms with van der Waals surface area (Å²) >= 11 is 0. The molecule has 0 unspecified atom stereocenters. The van der Waals surface area contributed by atoms with E-state index < -0.39 is 0 Å². The van der Waals surface area contributed by atoms with Gasteiger partial charge >= 0.3 is 0 Å². The monoisotopic (exact) mass is 275 g/mol. The van der Waals surface area contributed by atoms with Crippen LogP contribution in [-0.2, 0) is 0 Å². The highest BCUT2D eigenvalue weighted by Crippen LogP contribution is 2.29. The highest BCUT2D eigenvalue weighted by molar-refractivity contribution is 5.70. The second-order valence-corrected chi connectivity index (χ2v) is 5.71. The summed E-state index contributed by atoms with van der Waals surface area (Å²) in [7, 11) is 6.00. The van der Waals surface area contributed by atoms with Crippen molar-refractivity contribution in [1.29, 1.82) is 0 Å². The first-order chi connectivity index (χ1) is 9.49. The van der Waals surface area contributed by atoms with Crippen molar-refractivity contribution < 1.29 is 4.74 Å². The lowest BCUT2D eigenvalue weighted by molar-refractivity contribution is 0.411. The smallest absolute Gasteiger partial charge is 0.122 e. The first-order valence-electron chi connectivity index (χ1n) is 7.49. The van der Waals surface area contributed by atoms with Gasteiger partial charge in [0.15, 0.2) is 0 Å². The summed E-state index contributed by atoms with van der Waals surface area (Å²) in [5.74, 6) is 0.984. The molecular formula is C18H29NO. The lowest BCUT2D eigenvalue weighted by atomic mass is 9.94. The number of rotatable bonds is 7. The number of unbranched alkanes of at least 4 members (excludes halogenated alkanes) is 1. The lowest BCUT2D eigenvalue weighted by Gasteiger charge is -2.17. The molecule has 0 aliphatic carbocycles. The van der Waals surface area contributed by atoms with Gasteiger partial charge in [0.1, 0.15) is 5.75 Å². The third kappa shape index (κ3) is 4.68. The number of allylic oxidation sites excluding steroid dienone is 1. The minimum Gasteiger partial charge on any atom is -0.496 e. The molecule has 1 aromatic rings. The van der Waals surface area contributed by atoms with Crippen molar-refractivity contribution in [3.05, 3.63) is 34.9 Å². The maximum absolute atomic E-state index is 5.48. The van der Waals surface area contributed by atoms with Crippen LogP contribution in [0.1, 0.15) is 42.9 Å². The van der Waals surface area contributed by atoms with Gasteiger partial charge < -0.3 is 9.64 Å². The number of ether oxygens (including phenoxy) is 1. The molecule has 0 bridgehead atoms. The molecule has 0 spiro atoms. The summed E-state index contributed by atoms with van der Waals surface area (Å²) < 4.78 is 5.48. The molecule has 0 fully saturated rings. The standard InChI is InChI=1S/C18H29NO/c1-7-8-9-16(10-11-19(4)5)17-13-18(20-6)15(3)12-14(17)2/h9,12-13H,7-8,10-11H2,1-6H3/b16-9-. The van der Waals surface area contributed by atoms with E-state index in [1.54, 1.807) is 7.11 Å². The van der Waals surface area contributed by atoms with Crippen LogP contribution in [0, 0.1) is 13.8 Å². The Bertz CT molecular complexity index is 461. The van der Waals surface area contributed by atoms with Crippen molar-refractivity contribution in [3.63, 3.8) is 0 Å². The molecule has 20 heavy (non-hydrogen) atoms. The van der Waals surface area contributed by atoms with Crippen molar-refractivity contribution in [3.8, 4) is 5.75 Å². The summed E-state index contributed by atoms with van der Waals surface area (Å²) in [4.78, 5) is 2.24. The average molecular weight is 275 g/mol. The molecule has 0 saturated heterocycles. The predicted octanol–water partition coefficient (Wildman–Crippen LogP) is 4.45. The van der Waals surface area contributed by atoms with Gasteiger partial charge in [-0.2, -0.15) is 0 Å². The van der Waals surface area contributed by atoms with Gasteiger partial charge in [-0.05, 0) is 69.1 Å². The van der Waals surface area contributed by atoms with Crippen LogP contribution in [0.5, 0.6) is 5.75 Å². The molecule has 1 rings (SSSR count). The molecule has 1 aromatic carbocycles. The fraction of sp³-hybridized carbons (Fsp3) is 0.556. The maximum atomic E-state index is 5.48. The lowest BCUT2D eigenvalue weighted by Crippen LogP contribution is -2.13. The zero-order valence-electron chi connectivity index (χ0n) is 13.9. The topological polar surface area (TPSA) is 12.5 Å². The molecule has 0 N–H and O–H groups in total. The molecule has 0 atom stereocenters. The van der Waals surface area contributed by atoms with Crippen molar-refractivity contribution in [2.75, 3.05) is 27.7 Å². The van der Waals surface area contributed by atoms with Crippen LogP contribution < -0.4 is 4.74 Å². The van der Waals surface area contributed by atoms with Gasteiger partial charge in [-0.15, -0.1) is 0 Å². The number of hydrogen-bond acceptors (Lipinski definition) is 2. The van der Waals surface area contributed by atoms with Crippen LogP contribution in [-0.4, -0.2) is 32.6 Å². The Morgan fingerprint density at radius 2 is 1.90 bits per heavy atom. The van der Waals surface area contributed by atoms with E-state index in [9.17, 15) is 0 Å². The zero-order valence-corrected chi connectivity index (χ0v) is 13.9. The minimum atomic E-state index is 0.984. The van der Waals surface area contributed by atoms with Crippen LogP contribution in [0.3, 0.4) is 0 Å². The van der Waals surface area contributed by atoms with Crippen LogP contribution in [0.4, 0.5) is 0 Å². The van der Waals surface area contributed by atoms with Crippen molar-refractivity contribution in [1.82, 2.24) is 4.90 Å². The van der Waals surface area contributed by atoms with Gasteiger partial charge in [-0.25, -0.2) is 0 Å². The molecule has 0 amide bonds. The molecule has 112 valence electrons. The third-order valence-corrected chi connectivity index (χ3v) is 3.60. The highest BCUT2D eigenvalue weighted by Gasteiger charge is 2.09. The molecule has 0 heterocycles. The SMILES string of the molecule is CCC/C=C(/CCN(C)C)c1cc(OC)c(C)cc1C. The molecule has 0 radical (unpaired) electrons. The van der Waals surface area contributed by atoms with Gasteiger partial charge in [0.25, 0.3) is 0 Å². The Kier molecular flexibility index (Phi) is 6.80. The largest absolute Gasteiger partial charge is 0.496 e. The molecule has 0 aliphatic heterocycles. The van der Waals surface area contributed by atoms with E-state index in [-0.39, 0.29) is 0 Å². The van der Waals surface area contributed by atoms with Gasteiger partial charge in [0.2, 0.25) is 0 Å². The molecule has 0 saturated carbocycles. The normalized spacial score (nSPS) is 12.1. The van der Waals surface area contributed by atoms with Crippen molar-refractivity contribution in [2.45, 2.75) is 40.0 Å². The van der Waals surface area contributed by atoms with Crippen LogP contribution in [0.2, 0.25) is 0 Å². The van der Waals surface area contributed by atoms with Crippen molar-refractivity contribution >= 4 is 5.57 Å². The predicted molar refractivity (Wildman–Crippen MR) is 88.5 cm³/mol. The second kappa shape index (κ2) is 8.11.